The van der Waals surface area contributed by atoms with Crippen LogP contribution in [0.1, 0.15) is 39.9 Å². The summed E-state index contributed by atoms with van der Waals surface area (Å²) >= 11 is 0. The van der Waals surface area contributed by atoms with E-state index < -0.39 is 23.6 Å². The highest BCUT2D eigenvalue weighted by Crippen LogP contribution is 2.56. The molecule has 10 nitrogen and oxygen atoms in total. The number of benzene rings is 3. The first kappa shape index (κ1) is 23.2. The number of nitrogens with zero attached hydrogens (tertiary/aromatic N) is 1. The highest BCUT2D eigenvalue weighted by molar-refractivity contribution is 5.97. The maximum absolute atomic E-state index is 12.8. The Morgan fingerprint density at radius 3 is 2.53 bits per heavy atom. The lowest BCUT2D eigenvalue weighted by Gasteiger charge is -2.36. The number of esters is 2. The number of fused-ring (bicyclic) bond motifs is 6. The molecule has 0 aliphatic carbocycles. The smallest absolute Gasteiger partial charge is 0.340 e. The quantitative estimate of drug-likeness (QED) is 0.133. The van der Waals surface area contributed by atoms with E-state index in [0.717, 1.165) is 0 Å². The number of carbonyl (C=O) groups excluding carboxylic acids is 2. The summed E-state index contributed by atoms with van der Waals surface area (Å²) in [5.41, 5.74) is 17.5. The highest BCUT2D eigenvalue weighted by Gasteiger charge is 2.53. The molecule has 10 heteroatoms. The number of aromatic hydroxyl groups is 1. The fourth-order valence-corrected chi connectivity index (χ4v) is 4.54. The van der Waals surface area contributed by atoms with Gasteiger partial charge >= 0.3 is 11.9 Å². The van der Waals surface area contributed by atoms with E-state index >= 15 is 0 Å². The fourth-order valence-electron chi connectivity index (χ4n) is 4.54. The van der Waals surface area contributed by atoms with Crippen LogP contribution in [0, 0.1) is 0 Å². The summed E-state index contributed by atoms with van der Waals surface area (Å²) in [5, 5.41) is 10.1. The first-order valence-corrected chi connectivity index (χ1v) is 11.3. The van der Waals surface area contributed by atoms with Gasteiger partial charge in [0.25, 0.3) is 0 Å². The molecule has 0 radical (unpaired) electrons. The van der Waals surface area contributed by atoms with Gasteiger partial charge in [-0.15, -0.1) is 0 Å². The van der Waals surface area contributed by atoms with Gasteiger partial charge in [-0.05, 0) is 43.2 Å². The Bertz CT molecular complexity index is 1400. The third-order valence-electron chi connectivity index (χ3n) is 6.16. The molecule has 1 unspecified atom stereocenters. The van der Waals surface area contributed by atoms with Gasteiger partial charge < -0.3 is 36.5 Å². The largest absolute Gasteiger partial charge is 0.508 e. The maximum Gasteiger partial charge on any atom is 0.340 e. The molecule has 1 spiro atoms. The number of aliphatic imine (C=N–C) groups is 1. The predicted octanol–water partition coefficient (Wildman–Crippen LogP) is 2.25. The first-order chi connectivity index (χ1) is 17.3. The van der Waals surface area contributed by atoms with Gasteiger partial charge in [0.1, 0.15) is 29.0 Å². The van der Waals surface area contributed by atoms with E-state index in [-0.39, 0.29) is 17.5 Å². The van der Waals surface area contributed by atoms with Crippen molar-refractivity contribution < 1.29 is 28.9 Å². The minimum absolute atomic E-state index is 0.0146. The number of nitrogens with two attached hydrogens (primary N) is 3. The molecule has 0 saturated heterocycles. The summed E-state index contributed by atoms with van der Waals surface area (Å²) in [6.07, 6.45) is 0.842. The average molecular weight is 489 g/mol. The van der Waals surface area contributed by atoms with Crippen LogP contribution >= 0.6 is 0 Å². The molecule has 2 heterocycles. The molecule has 7 N–H and O–H groups in total. The van der Waals surface area contributed by atoms with Crippen molar-refractivity contribution in [3.63, 3.8) is 0 Å². The summed E-state index contributed by atoms with van der Waals surface area (Å²) in [5.74, 6) is -0.311. The Hall–Kier alpha value is -4.57. The molecule has 0 fully saturated rings. The van der Waals surface area contributed by atoms with Crippen molar-refractivity contribution in [1.82, 2.24) is 0 Å². The summed E-state index contributed by atoms with van der Waals surface area (Å²) in [6.45, 7) is 0.352. The lowest BCUT2D eigenvalue weighted by molar-refractivity contribution is -0.136. The molecular weight excluding hydrogens is 464 g/mol. The monoisotopic (exact) mass is 488 g/mol. The lowest BCUT2D eigenvalue weighted by Crippen LogP contribution is -2.35. The number of rotatable bonds is 6. The molecule has 0 amide bonds. The molecule has 0 saturated carbocycles. The number of guanidine groups is 1. The molecule has 3 aromatic rings. The van der Waals surface area contributed by atoms with Crippen molar-refractivity contribution in [3.8, 4) is 23.0 Å². The molecule has 184 valence electrons. The fraction of sp³-hybridized carbons (Fsp3) is 0.192. The minimum atomic E-state index is -1.28. The SMILES string of the molecule is NC(N)=NCCC[C@H](N)C(=O)Oc1ccc2c(c1)Oc1cc(O)ccc1C21OC(=O)c2ccccc21. The zero-order valence-corrected chi connectivity index (χ0v) is 19.1. The van der Waals surface area contributed by atoms with Gasteiger partial charge in [0.2, 0.25) is 0 Å². The number of phenolic OH excluding ortho intramolecular Hbond substituents is 1. The van der Waals surface area contributed by atoms with Gasteiger partial charge in [-0.3, -0.25) is 4.99 Å². The van der Waals surface area contributed by atoms with Crippen LogP contribution in [0.2, 0.25) is 0 Å². The third-order valence-corrected chi connectivity index (χ3v) is 6.16. The van der Waals surface area contributed by atoms with Crippen LogP contribution in [0.25, 0.3) is 0 Å². The molecule has 2 atom stereocenters. The highest BCUT2D eigenvalue weighted by atomic mass is 16.6. The van der Waals surface area contributed by atoms with E-state index in [1.807, 2.05) is 12.1 Å². The average Bonchev–Trinajstić information content (AvgIpc) is 3.14. The van der Waals surface area contributed by atoms with Gasteiger partial charge in [0.05, 0.1) is 5.56 Å². The molecular formula is C26H24N4O6. The molecule has 36 heavy (non-hydrogen) atoms. The topological polar surface area (TPSA) is 172 Å². The van der Waals surface area contributed by atoms with Gasteiger partial charge in [-0.2, -0.15) is 0 Å². The Balaban J connectivity index is 1.48. The Morgan fingerprint density at radius 2 is 1.75 bits per heavy atom. The van der Waals surface area contributed by atoms with Crippen molar-refractivity contribution in [2.75, 3.05) is 6.54 Å². The van der Waals surface area contributed by atoms with E-state index in [0.29, 0.717) is 53.1 Å². The van der Waals surface area contributed by atoms with Crippen molar-refractivity contribution in [1.29, 1.82) is 0 Å². The summed E-state index contributed by atoms with van der Waals surface area (Å²) in [7, 11) is 0. The van der Waals surface area contributed by atoms with Crippen LogP contribution in [0.5, 0.6) is 23.0 Å². The summed E-state index contributed by atoms with van der Waals surface area (Å²) < 4.78 is 17.6. The number of ether oxygens (including phenoxy) is 3. The van der Waals surface area contributed by atoms with E-state index in [1.165, 1.54) is 18.2 Å². The second-order valence-corrected chi connectivity index (χ2v) is 8.53. The maximum atomic E-state index is 12.8. The lowest BCUT2D eigenvalue weighted by atomic mass is 9.77. The van der Waals surface area contributed by atoms with Gasteiger partial charge in [0.15, 0.2) is 11.6 Å². The van der Waals surface area contributed by atoms with E-state index in [4.69, 9.17) is 31.4 Å². The standard InChI is InChI=1S/C26H24N4O6/c27-20(6-3-11-30-25(28)29)24(33)34-15-8-10-19-22(13-15)35-21-12-14(31)7-9-18(21)26(19)17-5-2-1-4-16(17)23(32)36-26/h1-2,4-5,7-10,12-13,20,31H,3,6,11,27H2,(H4,28,29,30)/t20-,26?/m0/s1. The minimum Gasteiger partial charge on any atom is -0.508 e. The number of carbonyl (C=O) groups is 2. The Kier molecular flexibility index (Phi) is 5.73. The molecule has 2 aliphatic rings. The second kappa shape index (κ2) is 8.90. The number of hydrogen-bond acceptors (Lipinski definition) is 8. The van der Waals surface area contributed by atoms with Crippen LogP contribution in [-0.4, -0.2) is 35.6 Å². The Labute approximate surface area is 206 Å². The van der Waals surface area contributed by atoms with Crippen LogP contribution in [0.15, 0.2) is 65.7 Å². The molecule has 2 aliphatic heterocycles. The number of hydrogen-bond donors (Lipinski definition) is 4. The van der Waals surface area contributed by atoms with Crippen molar-refractivity contribution in [3.05, 3.63) is 82.9 Å². The number of phenols is 1. The van der Waals surface area contributed by atoms with E-state index in [2.05, 4.69) is 4.99 Å². The van der Waals surface area contributed by atoms with Crippen molar-refractivity contribution in [2.24, 2.45) is 22.2 Å². The van der Waals surface area contributed by atoms with Crippen LogP contribution in [0.3, 0.4) is 0 Å². The summed E-state index contributed by atoms with van der Waals surface area (Å²) in [6, 6.07) is 15.7. The van der Waals surface area contributed by atoms with Crippen LogP contribution in [-0.2, 0) is 15.1 Å². The zero-order valence-electron chi connectivity index (χ0n) is 19.1. The summed E-state index contributed by atoms with van der Waals surface area (Å²) in [4.78, 5) is 29.2. The van der Waals surface area contributed by atoms with Gasteiger partial charge in [0, 0.05) is 35.4 Å². The van der Waals surface area contributed by atoms with E-state index in [9.17, 15) is 14.7 Å². The predicted molar refractivity (Wildman–Crippen MR) is 130 cm³/mol. The molecule has 0 aromatic heterocycles. The Morgan fingerprint density at radius 1 is 1.03 bits per heavy atom. The van der Waals surface area contributed by atoms with Gasteiger partial charge in [-0.1, -0.05) is 18.2 Å². The van der Waals surface area contributed by atoms with Crippen molar-refractivity contribution >= 4 is 17.9 Å². The van der Waals surface area contributed by atoms with Gasteiger partial charge in [-0.25, -0.2) is 9.59 Å². The van der Waals surface area contributed by atoms with Crippen LogP contribution < -0.4 is 26.7 Å². The first-order valence-electron chi connectivity index (χ1n) is 11.3. The molecule has 5 rings (SSSR count). The third kappa shape index (κ3) is 3.87. The van der Waals surface area contributed by atoms with Crippen LogP contribution in [0.4, 0.5) is 0 Å². The second-order valence-electron chi connectivity index (χ2n) is 8.53. The zero-order chi connectivity index (χ0) is 25.4. The van der Waals surface area contributed by atoms with Crippen molar-refractivity contribution in [2.45, 2.75) is 24.5 Å². The van der Waals surface area contributed by atoms with E-state index in [1.54, 1.807) is 30.3 Å². The normalized spacial score (nSPS) is 17.8. The molecule has 0 bridgehead atoms. The molecule has 3 aromatic carbocycles.